The van der Waals surface area contributed by atoms with Crippen LogP contribution in [0.15, 0.2) is 29.2 Å². The van der Waals surface area contributed by atoms with Crippen LogP contribution in [0.5, 0.6) is 0 Å². The molecule has 0 aromatic heterocycles. The molecule has 1 aromatic rings. The van der Waals surface area contributed by atoms with Gasteiger partial charge in [-0.2, -0.15) is 0 Å². The number of hydrogen-bond acceptors (Lipinski definition) is 3. The van der Waals surface area contributed by atoms with E-state index in [2.05, 4.69) is 11.2 Å². The number of amides is 2. The van der Waals surface area contributed by atoms with Crippen LogP contribution < -0.4 is 5.32 Å². The SMILES string of the molecule is C#CCN(CC(=O)O)C(=O)Nc1ccc(SC)cc1. The summed E-state index contributed by atoms with van der Waals surface area (Å²) >= 11 is 1.59. The van der Waals surface area contributed by atoms with Crippen LogP contribution >= 0.6 is 11.8 Å². The topological polar surface area (TPSA) is 69.6 Å². The highest BCUT2D eigenvalue weighted by molar-refractivity contribution is 7.98. The minimum Gasteiger partial charge on any atom is -0.480 e. The molecule has 0 saturated carbocycles. The summed E-state index contributed by atoms with van der Waals surface area (Å²) in [6, 6.07) is 6.69. The number of nitrogens with one attached hydrogen (secondary N) is 1. The number of carboxylic acids is 1. The number of hydrogen-bond donors (Lipinski definition) is 2. The summed E-state index contributed by atoms with van der Waals surface area (Å²) in [5.74, 6) is 1.15. The lowest BCUT2D eigenvalue weighted by Gasteiger charge is -2.18. The summed E-state index contributed by atoms with van der Waals surface area (Å²) < 4.78 is 0. The van der Waals surface area contributed by atoms with Gasteiger partial charge in [0.1, 0.15) is 6.54 Å². The number of carboxylic acid groups (broad SMARTS) is 1. The number of carbonyl (C=O) groups is 2. The molecule has 0 heterocycles. The summed E-state index contributed by atoms with van der Waals surface area (Å²) in [5.41, 5.74) is 0.593. The maximum absolute atomic E-state index is 11.8. The molecular weight excluding hydrogens is 264 g/mol. The first-order chi connectivity index (χ1) is 9.06. The smallest absolute Gasteiger partial charge is 0.323 e. The summed E-state index contributed by atoms with van der Waals surface area (Å²) in [4.78, 5) is 24.6. The molecule has 0 bridgehead atoms. The molecule has 0 fully saturated rings. The Morgan fingerprint density at radius 2 is 2.05 bits per heavy atom. The largest absolute Gasteiger partial charge is 0.480 e. The minimum absolute atomic E-state index is 0.0545. The second-order valence-electron chi connectivity index (χ2n) is 3.61. The van der Waals surface area contributed by atoms with E-state index in [0.29, 0.717) is 5.69 Å². The number of anilines is 1. The summed E-state index contributed by atoms with van der Waals surface area (Å²) in [7, 11) is 0. The summed E-state index contributed by atoms with van der Waals surface area (Å²) in [5, 5.41) is 11.3. The Kier molecular flexibility index (Phi) is 5.76. The third-order valence-corrected chi connectivity index (χ3v) is 2.98. The molecule has 1 aromatic carbocycles. The molecule has 2 N–H and O–H groups in total. The van der Waals surface area contributed by atoms with Crippen molar-refractivity contribution >= 4 is 29.4 Å². The molecule has 0 radical (unpaired) electrons. The molecular formula is C13H14N2O3S. The Bertz CT molecular complexity index is 494. The van der Waals surface area contributed by atoms with E-state index >= 15 is 0 Å². The average molecular weight is 278 g/mol. The predicted octanol–water partition coefficient (Wildman–Crippen LogP) is 1.96. The molecule has 100 valence electrons. The zero-order chi connectivity index (χ0) is 14.3. The number of rotatable bonds is 5. The number of thioether (sulfide) groups is 1. The molecule has 5 nitrogen and oxygen atoms in total. The lowest BCUT2D eigenvalue weighted by Crippen LogP contribution is -2.39. The standard InChI is InChI=1S/C13H14N2O3S/c1-3-8-15(9-12(16)17)13(18)14-10-4-6-11(19-2)7-5-10/h1,4-7H,8-9H2,2H3,(H,14,18)(H,16,17). The van der Waals surface area contributed by atoms with Crippen LogP contribution in [-0.4, -0.2) is 41.4 Å². The van der Waals surface area contributed by atoms with Gasteiger partial charge < -0.3 is 15.3 Å². The van der Waals surface area contributed by atoms with Crippen LogP contribution in [0, 0.1) is 12.3 Å². The van der Waals surface area contributed by atoms with Crippen molar-refractivity contribution in [3.8, 4) is 12.3 Å². The van der Waals surface area contributed by atoms with Gasteiger partial charge in [-0.25, -0.2) is 4.79 Å². The molecule has 0 aliphatic heterocycles. The third kappa shape index (κ3) is 4.94. The van der Waals surface area contributed by atoms with E-state index in [9.17, 15) is 9.59 Å². The Morgan fingerprint density at radius 1 is 1.42 bits per heavy atom. The summed E-state index contributed by atoms with van der Waals surface area (Å²) in [6.07, 6.45) is 7.06. The van der Waals surface area contributed by atoms with Crippen molar-refractivity contribution in [2.75, 3.05) is 24.7 Å². The van der Waals surface area contributed by atoms with Gasteiger partial charge in [-0.05, 0) is 30.5 Å². The quantitative estimate of drug-likeness (QED) is 0.638. The van der Waals surface area contributed by atoms with Crippen molar-refractivity contribution in [1.29, 1.82) is 0 Å². The van der Waals surface area contributed by atoms with Crippen molar-refractivity contribution < 1.29 is 14.7 Å². The van der Waals surface area contributed by atoms with Crippen LogP contribution in [-0.2, 0) is 4.79 Å². The zero-order valence-corrected chi connectivity index (χ0v) is 11.2. The number of carbonyl (C=O) groups excluding carboxylic acids is 1. The molecule has 1 rings (SSSR count). The monoisotopic (exact) mass is 278 g/mol. The van der Waals surface area contributed by atoms with Gasteiger partial charge in [0.05, 0.1) is 6.54 Å². The van der Waals surface area contributed by atoms with Gasteiger partial charge in [0.15, 0.2) is 0 Å². The van der Waals surface area contributed by atoms with Crippen molar-refractivity contribution in [2.24, 2.45) is 0 Å². The van der Waals surface area contributed by atoms with Crippen LogP contribution in [0.3, 0.4) is 0 Å². The maximum Gasteiger partial charge on any atom is 0.323 e. The second kappa shape index (κ2) is 7.34. The van der Waals surface area contributed by atoms with Gasteiger partial charge in [-0.15, -0.1) is 18.2 Å². The molecule has 0 unspecified atom stereocenters. The van der Waals surface area contributed by atoms with Crippen LogP contribution in [0.4, 0.5) is 10.5 Å². The summed E-state index contributed by atoms with van der Waals surface area (Å²) in [6.45, 7) is -0.486. The molecule has 0 saturated heterocycles. The molecule has 0 spiro atoms. The van der Waals surface area contributed by atoms with E-state index < -0.39 is 18.5 Å². The number of terminal acetylenes is 1. The molecule has 0 atom stereocenters. The first-order valence-corrected chi connectivity index (χ1v) is 6.64. The highest BCUT2D eigenvalue weighted by Gasteiger charge is 2.15. The first kappa shape index (κ1) is 14.9. The Balaban J connectivity index is 2.69. The lowest BCUT2D eigenvalue weighted by atomic mass is 10.3. The van der Waals surface area contributed by atoms with E-state index in [1.165, 1.54) is 0 Å². The van der Waals surface area contributed by atoms with Crippen LogP contribution in [0.25, 0.3) is 0 Å². The minimum atomic E-state index is -1.11. The van der Waals surface area contributed by atoms with Crippen molar-refractivity contribution in [3.63, 3.8) is 0 Å². The predicted molar refractivity (Wildman–Crippen MR) is 75.3 cm³/mol. The molecule has 2 amide bonds. The Labute approximate surface area is 116 Å². The highest BCUT2D eigenvalue weighted by atomic mass is 32.2. The normalized spacial score (nSPS) is 9.47. The van der Waals surface area contributed by atoms with Gasteiger partial charge in [-0.1, -0.05) is 5.92 Å². The van der Waals surface area contributed by atoms with Crippen molar-refractivity contribution in [3.05, 3.63) is 24.3 Å². The maximum atomic E-state index is 11.8. The van der Waals surface area contributed by atoms with E-state index in [0.717, 1.165) is 9.80 Å². The second-order valence-corrected chi connectivity index (χ2v) is 4.49. The van der Waals surface area contributed by atoms with Gasteiger partial charge in [0.2, 0.25) is 0 Å². The van der Waals surface area contributed by atoms with Crippen molar-refractivity contribution in [1.82, 2.24) is 4.90 Å². The number of urea groups is 1. The lowest BCUT2D eigenvalue weighted by molar-refractivity contribution is -0.137. The molecule has 6 heteroatoms. The molecule has 19 heavy (non-hydrogen) atoms. The van der Waals surface area contributed by atoms with Crippen LogP contribution in [0.2, 0.25) is 0 Å². The van der Waals surface area contributed by atoms with E-state index in [4.69, 9.17) is 11.5 Å². The number of nitrogens with zero attached hydrogens (tertiary/aromatic N) is 1. The van der Waals surface area contributed by atoms with E-state index in [1.54, 1.807) is 23.9 Å². The highest BCUT2D eigenvalue weighted by Crippen LogP contribution is 2.17. The van der Waals surface area contributed by atoms with Crippen molar-refractivity contribution in [2.45, 2.75) is 4.90 Å². The fourth-order valence-electron chi connectivity index (χ4n) is 1.35. The zero-order valence-electron chi connectivity index (χ0n) is 10.4. The average Bonchev–Trinajstić information content (AvgIpc) is 2.38. The molecule has 0 aliphatic carbocycles. The van der Waals surface area contributed by atoms with Gasteiger partial charge in [-0.3, -0.25) is 4.79 Å². The third-order valence-electron chi connectivity index (χ3n) is 2.24. The fraction of sp³-hybridized carbons (Fsp3) is 0.231. The van der Waals surface area contributed by atoms with Gasteiger partial charge in [0, 0.05) is 10.6 Å². The van der Waals surface area contributed by atoms with E-state index in [-0.39, 0.29) is 6.54 Å². The Hall–Kier alpha value is -2.13. The van der Waals surface area contributed by atoms with Crippen LogP contribution in [0.1, 0.15) is 0 Å². The number of aliphatic carboxylic acids is 1. The number of benzene rings is 1. The van der Waals surface area contributed by atoms with Gasteiger partial charge in [0.25, 0.3) is 0 Å². The van der Waals surface area contributed by atoms with E-state index in [1.807, 2.05) is 18.4 Å². The first-order valence-electron chi connectivity index (χ1n) is 5.42. The Morgan fingerprint density at radius 3 is 2.53 bits per heavy atom. The van der Waals surface area contributed by atoms with Gasteiger partial charge >= 0.3 is 12.0 Å². The fourth-order valence-corrected chi connectivity index (χ4v) is 1.76. The molecule has 0 aliphatic rings.